The zero-order valence-corrected chi connectivity index (χ0v) is 16.5. The minimum atomic E-state index is -0.207. The Kier molecular flexibility index (Phi) is 7.94. The number of rotatable bonds is 7. The van der Waals surface area contributed by atoms with E-state index in [9.17, 15) is 4.79 Å². The van der Waals surface area contributed by atoms with Gasteiger partial charge in [0.25, 0.3) is 0 Å². The number of allylic oxidation sites excluding steroid dienone is 3. The SMILES string of the molecule is CCC(Sc1ccc(Cl)cc1Cl)C(=O)NCC1=CCC=C(OC)C=C1. The molecule has 0 aromatic heterocycles. The van der Waals surface area contributed by atoms with Gasteiger partial charge in [-0.1, -0.05) is 42.3 Å². The van der Waals surface area contributed by atoms with Crippen LogP contribution in [-0.4, -0.2) is 24.8 Å². The molecule has 0 spiro atoms. The molecule has 0 saturated carbocycles. The number of carbonyl (C=O) groups excluding carboxylic acids is 1. The van der Waals surface area contributed by atoms with Crippen LogP contribution in [-0.2, 0) is 9.53 Å². The van der Waals surface area contributed by atoms with Gasteiger partial charge in [0.1, 0.15) is 5.76 Å². The van der Waals surface area contributed by atoms with Crippen molar-refractivity contribution in [2.24, 2.45) is 0 Å². The smallest absolute Gasteiger partial charge is 0.233 e. The Bertz CT molecular complexity index is 713. The van der Waals surface area contributed by atoms with Crippen LogP contribution in [0.25, 0.3) is 0 Å². The maximum Gasteiger partial charge on any atom is 0.233 e. The molecule has 1 aromatic rings. The summed E-state index contributed by atoms with van der Waals surface area (Å²) in [5.41, 5.74) is 1.06. The normalized spacial score (nSPS) is 15.0. The fourth-order valence-electron chi connectivity index (χ4n) is 2.28. The average Bonchev–Trinajstić information content (AvgIpc) is 2.84. The number of nitrogens with one attached hydrogen (secondary N) is 1. The molecule has 1 N–H and O–H groups in total. The first-order chi connectivity index (χ1) is 12.0. The lowest BCUT2D eigenvalue weighted by molar-refractivity contribution is -0.120. The standard InChI is InChI=1S/C19H21Cl2NO2S/c1-3-17(25-18-10-8-14(20)11-16(18)21)19(23)22-12-13-5-4-6-15(24-2)9-7-13/h5-11,17H,3-4,12H2,1-2H3,(H,22,23). The molecule has 0 bridgehead atoms. The summed E-state index contributed by atoms with van der Waals surface area (Å²) >= 11 is 13.6. The fraction of sp³-hybridized carbons (Fsp3) is 0.316. The molecule has 1 atom stereocenters. The van der Waals surface area contributed by atoms with Crippen molar-refractivity contribution >= 4 is 40.9 Å². The lowest BCUT2D eigenvalue weighted by Crippen LogP contribution is -2.33. The lowest BCUT2D eigenvalue weighted by atomic mass is 10.2. The molecule has 6 heteroatoms. The molecular weight excluding hydrogens is 377 g/mol. The highest BCUT2D eigenvalue weighted by Gasteiger charge is 2.19. The minimum absolute atomic E-state index is 0.00279. The summed E-state index contributed by atoms with van der Waals surface area (Å²) in [5, 5.41) is 3.95. The van der Waals surface area contributed by atoms with E-state index in [1.54, 1.807) is 19.2 Å². The zero-order valence-electron chi connectivity index (χ0n) is 14.2. The van der Waals surface area contributed by atoms with E-state index in [0.717, 1.165) is 22.6 Å². The van der Waals surface area contributed by atoms with Crippen LogP contribution in [0.15, 0.2) is 58.7 Å². The summed E-state index contributed by atoms with van der Waals surface area (Å²) in [4.78, 5) is 13.4. The van der Waals surface area contributed by atoms with Gasteiger partial charge in [-0.25, -0.2) is 0 Å². The van der Waals surface area contributed by atoms with E-state index in [-0.39, 0.29) is 11.2 Å². The maximum atomic E-state index is 12.5. The van der Waals surface area contributed by atoms with Gasteiger partial charge in [-0.3, -0.25) is 4.79 Å². The Morgan fingerprint density at radius 2 is 2.12 bits per heavy atom. The van der Waals surface area contributed by atoms with Crippen LogP contribution >= 0.6 is 35.0 Å². The molecule has 0 aliphatic heterocycles. The predicted octanol–water partition coefficient (Wildman–Crippen LogP) is 5.40. The number of ether oxygens (including phenoxy) is 1. The number of methoxy groups -OCH3 is 1. The van der Waals surface area contributed by atoms with Gasteiger partial charge in [-0.05, 0) is 48.8 Å². The molecule has 134 valence electrons. The quantitative estimate of drug-likeness (QED) is 0.626. The number of thioether (sulfide) groups is 1. The first kappa shape index (κ1) is 20.0. The molecule has 0 saturated heterocycles. The highest BCUT2D eigenvalue weighted by Crippen LogP contribution is 2.33. The van der Waals surface area contributed by atoms with Gasteiger partial charge in [0, 0.05) is 16.5 Å². The molecule has 2 rings (SSSR count). The lowest BCUT2D eigenvalue weighted by Gasteiger charge is -2.16. The van der Waals surface area contributed by atoms with Crippen molar-refractivity contribution in [1.82, 2.24) is 5.32 Å². The third-order valence-corrected chi connectivity index (χ3v) is 5.79. The van der Waals surface area contributed by atoms with Crippen LogP contribution in [0, 0.1) is 0 Å². The van der Waals surface area contributed by atoms with Crippen LogP contribution in [0.3, 0.4) is 0 Å². The molecule has 1 aliphatic rings. The van der Waals surface area contributed by atoms with Gasteiger partial charge < -0.3 is 10.1 Å². The summed E-state index contributed by atoms with van der Waals surface area (Å²) in [7, 11) is 1.65. The van der Waals surface area contributed by atoms with Crippen LogP contribution in [0.1, 0.15) is 19.8 Å². The fourth-order valence-corrected chi connectivity index (χ4v) is 3.81. The van der Waals surface area contributed by atoms with E-state index in [2.05, 4.69) is 11.4 Å². The molecule has 0 heterocycles. The maximum absolute atomic E-state index is 12.5. The van der Waals surface area contributed by atoms with Crippen molar-refractivity contribution in [3.05, 3.63) is 63.9 Å². The second kappa shape index (κ2) is 9.95. The molecule has 1 aromatic carbocycles. The monoisotopic (exact) mass is 397 g/mol. The molecule has 0 fully saturated rings. The Morgan fingerprint density at radius 1 is 1.32 bits per heavy atom. The van der Waals surface area contributed by atoms with Crippen molar-refractivity contribution in [3.8, 4) is 0 Å². The molecule has 0 radical (unpaired) electrons. The van der Waals surface area contributed by atoms with E-state index >= 15 is 0 Å². The molecule has 1 unspecified atom stereocenters. The number of halogens is 2. The van der Waals surface area contributed by atoms with E-state index in [1.165, 1.54) is 11.8 Å². The van der Waals surface area contributed by atoms with Gasteiger partial charge in [0.05, 0.1) is 17.4 Å². The van der Waals surface area contributed by atoms with Gasteiger partial charge in [-0.15, -0.1) is 11.8 Å². The zero-order chi connectivity index (χ0) is 18.2. The minimum Gasteiger partial charge on any atom is -0.497 e. The van der Waals surface area contributed by atoms with Crippen molar-refractivity contribution in [3.63, 3.8) is 0 Å². The predicted molar refractivity (Wildman–Crippen MR) is 106 cm³/mol. The molecule has 1 aliphatic carbocycles. The van der Waals surface area contributed by atoms with Gasteiger partial charge in [0.2, 0.25) is 5.91 Å². The van der Waals surface area contributed by atoms with Crippen molar-refractivity contribution in [1.29, 1.82) is 0 Å². The van der Waals surface area contributed by atoms with Gasteiger partial charge in [0.15, 0.2) is 0 Å². The highest BCUT2D eigenvalue weighted by atomic mass is 35.5. The third kappa shape index (κ3) is 6.14. The largest absolute Gasteiger partial charge is 0.497 e. The molecule has 3 nitrogen and oxygen atoms in total. The van der Waals surface area contributed by atoms with E-state index in [1.807, 2.05) is 31.2 Å². The summed E-state index contributed by atoms with van der Waals surface area (Å²) in [6.45, 7) is 2.48. The second-order valence-corrected chi connectivity index (χ2v) is 7.55. The van der Waals surface area contributed by atoms with E-state index in [0.29, 0.717) is 23.0 Å². The first-order valence-electron chi connectivity index (χ1n) is 8.04. The van der Waals surface area contributed by atoms with Crippen LogP contribution in [0.4, 0.5) is 0 Å². The molecular formula is C19H21Cl2NO2S. The van der Waals surface area contributed by atoms with Gasteiger partial charge >= 0.3 is 0 Å². The number of hydrogen-bond donors (Lipinski definition) is 1. The topological polar surface area (TPSA) is 38.3 Å². The Hall–Kier alpha value is -1.36. The number of hydrogen-bond acceptors (Lipinski definition) is 3. The van der Waals surface area contributed by atoms with E-state index < -0.39 is 0 Å². The Morgan fingerprint density at radius 3 is 2.80 bits per heavy atom. The average molecular weight is 398 g/mol. The Balaban J connectivity index is 1.93. The number of benzene rings is 1. The molecule has 1 amide bonds. The third-order valence-electron chi connectivity index (χ3n) is 3.69. The highest BCUT2D eigenvalue weighted by molar-refractivity contribution is 8.00. The van der Waals surface area contributed by atoms with Crippen molar-refractivity contribution in [2.75, 3.05) is 13.7 Å². The van der Waals surface area contributed by atoms with Crippen LogP contribution < -0.4 is 5.32 Å². The summed E-state index contributed by atoms with van der Waals surface area (Å²) in [5.74, 6) is 0.828. The van der Waals surface area contributed by atoms with Crippen LogP contribution in [0.5, 0.6) is 0 Å². The molecule has 25 heavy (non-hydrogen) atoms. The number of carbonyl (C=O) groups is 1. The van der Waals surface area contributed by atoms with Crippen molar-refractivity contribution in [2.45, 2.75) is 29.9 Å². The Labute approximate surface area is 163 Å². The summed E-state index contributed by atoms with van der Waals surface area (Å²) in [6, 6.07) is 5.32. The second-order valence-electron chi connectivity index (χ2n) is 5.47. The summed E-state index contributed by atoms with van der Waals surface area (Å²) in [6.07, 6.45) is 9.44. The van der Waals surface area contributed by atoms with Crippen LogP contribution in [0.2, 0.25) is 10.0 Å². The first-order valence-corrected chi connectivity index (χ1v) is 9.67. The van der Waals surface area contributed by atoms with Crippen molar-refractivity contribution < 1.29 is 9.53 Å². The van der Waals surface area contributed by atoms with E-state index in [4.69, 9.17) is 27.9 Å². The van der Waals surface area contributed by atoms with Gasteiger partial charge in [-0.2, -0.15) is 0 Å². The summed E-state index contributed by atoms with van der Waals surface area (Å²) < 4.78 is 5.22. The number of amides is 1.